The molecule has 0 radical (unpaired) electrons. The number of nitrogens with two attached hydrogens (primary N) is 1. The van der Waals surface area contributed by atoms with Gasteiger partial charge in [-0.05, 0) is 79.5 Å². The SMILES string of the molecule is Nc1nc(F)c(-c2ccc(OC3CCN(CC4CC4)CC3)cc2)cc1-c1cc2c(cc1F)C(=O)NCC2. The van der Waals surface area contributed by atoms with Gasteiger partial charge in [-0.2, -0.15) is 4.39 Å². The van der Waals surface area contributed by atoms with Crippen molar-refractivity contribution in [3.05, 3.63) is 65.4 Å². The quantitative estimate of drug-likeness (QED) is 0.471. The molecule has 3 heterocycles. The van der Waals surface area contributed by atoms with E-state index in [0.29, 0.717) is 29.7 Å². The van der Waals surface area contributed by atoms with E-state index in [2.05, 4.69) is 15.2 Å². The standard InChI is InChI=1S/C29H30F2N4O2/c30-26-15-23-19(7-10-33-29(23)36)13-24(26)25-14-22(27(31)34-28(25)32)18-3-5-20(6-4-18)37-21-8-11-35(12-9-21)16-17-1-2-17/h3-6,13-15,17,21H,1-2,7-12,16H2,(H2,32,34)(H,33,36). The predicted octanol–water partition coefficient (Wildman–Crippen LogP) is 4.82. The monoisotopic (exact) mass is 504 g/mol. The van der Waals surface area contributed by atoms with Gasteiger partial charge in [0.25, 0.3) is 5.91 Å². The molecule has 0 spiro atoms. The van der Waals surface area contributed by atoms with Crippen LogP contribution < -0.4 is 15.8 Å². The molecule has 2 fully saturated rings. The number of fused-ring (bicyclic) bond motifs is 1. The van der Waals surface area contributed by atoms with Gasteiger partial charge in [0.2, 0.25) is 5.95 Å². The molecule has 192 valence electrons. The molecule has 0 atom stereocenters. The molecule has 6 rings (SSSR count). The van der Waals surface area contributed by atoms with E-state index in [-0.39, 0.29) is 29.0 Å². The highest BCUT2D eigenvalue weighted by molar-refractivity contribution is 5.97. The summed E-state index contributed by atoms with van der Waals surface area (Å²) in [5.74, 6) is -0.0898. The van der Waals surface area contributed by atoms with E-state index in [1.807, 2.05) is 12.1 Å². The summed E-state index contributed by atoms with van der Waals surface area (Å²) in [5, 5.41) is 2.71. The number of likely N-dealkylation sites (tertiary alicyclic amines) is 1. The fraction of sp³-hybridized carbons (Fsp3) is 0.379. The van der Waals surface area contributed by atoms with E-state index in [4.69, 9.17) is 10.5 Å². The lowest BCUT2D eigenvalue weighted by Gasteiger charge is -2.32. The number of halogens is 2. The lowest BCUT2D eigenvalue weighted by atomic mass is 9.93. The van der Waals surface area contributed by atoms with Gasteiger partial charge in [-0.25, -0.2) is 9.37 Å². The molecule has 1 amide bonds. The van der Waals surface area contributed by atoms with Crippen molar-refractivity contribution >= 4 is 11.7 Å². The van der Waals surface area contributed by atoms with Crippen LogP contribution in [0.2, 0.25) is 0 Å². The maximum absolute atomic E-state index is 15.0. The number of benzene rings is 2. The molecular weight excluding hydrogens is 474 g/mol. The van der Waals surface area contributed by atoms with Crippen molar-refractivity contribution in [1.82, 2.24) is 15.2 Å². The van der Waals surface area contributed by atoms with Crippen molar-refractivity contribution in [3.63, 3.8) is 0 Å². The first kappa shape index (κ1) is 23.9. The van der Waals surface area contributed by atoms with Crippen LogP contribution in [0.3, 0.4) is 0 Å². The van der Waals surface area contributed by atoms with Crippen molar-refractivity contribution in [2.75, 3.05) is 31.9 Å². The normalized spacial score (nSPS) is 18.4. The summed E-state index contributed by atoms with van der Waals surface area (Å²) < 4.78 is 36.1. The van der Waals surface area contributed by atoms with Crippen molar-refractivity contribution in [2.24, 2.45) is 5.92 Å². The summed E-state index contributed by atoms with van der Waals surface area (Å²) >= 11 is 0. The van der Waals surface area contributed by atoms with Gasteiger partial charge in [-0.3, -0.25) is 4.79 Å². The Hall–Kier alpha value is -3.52. The number of nitrogens with zero attached hydrogens (tertiary/aromatic N) is 2. The zero-order valence-corrected chi connectivity index (χ0v) is 20.6. The van der Waals surface area contributed by atoms with Gasteiger partial charge >= 0.3 is 0 Å². The van der Waals surface area contributed by atoms with Gasteiger partial charge in [0.05, 0.1) is 0 Å². The van der Waals surface area contributed by atoms with Crippen LogP contribution in [0.5, 0.6) is 5.75 Å². The number of carbonyl (C=O) groups is 1. The largest absolute Gasteiger partial charge is 0.490 e. The first-order chi connectivity index (χ1) is 17.9. The number of aromatic nitrogens is 1. The van der Waals surface area contributed by atoms with Crippen LogP contribution in [-0.4, -0.2) is 48.1 Å². The average Bonchev–Trinajstić information content (AvgIpc) is 3.71. The Bertz CT molecular complexity index is 1330. The molecule has 3 aromatic rings. The molecular formula is C29H30F2N4O2. The van der Waals surface area contributed by atoms with Crippen LogP contribution in [0.25, 0.3) is 22.3 Å². The number of carbonyl (C=O) groups excluding carboxylic acids is 1. The lowest BCUT2D eigenvalue weighted by Crippen LogP contribution is -2.39. The Morgan fingerprint density at radius 3 is 2.46 bits per heavy atom. The number of rotatable bonds is 6. The number of anilines is 1. The smallest absolute Gasteiger partial charge is 0.251 e. The molecule has 1 aliphatic carbocycles. The number of nitrogen functional groups attached to an aromatic ring is 1. The van der Waals surface area contributed by atoms with Crippen LogP contribution in [-0.2, 0) is 6.42 Å². The average molecular weight is 505 g/mol. The van der Waals surface area contributed by atoms with E-state index >= 15 is 4.39 Å². The Morgan fingerprint density at radius 1 is 0.973 bits per heavy atom. The van der Waals surface area contributed by atoms with Gasteiger partial charge in [0, 0.05) is 48.4 Å². The second kappa shape index (κ2) is 9.74. The summed E-state index contributed by atoms with van der Waals surface area (Å²) in [5.41, 5.74) is 8.37. The molecule has 2 aromatic carbocycles. The minimum Gasteiger partial charge on any atom is -0.490 e. The van der Waals surface area contributed by atoms with E-state index in [1.165, 1.54) is 31.5 Å². The predicted molar refractivity (Wildman–Crippen MR) is 138 cm³/mol. The fourth-order valence-corrected chi connectivity index (χ4v) is 5.35. The molecule has 37 heavy (non-hydrogen) atoms. The third-order valence-electron chi connectivity index (χ3n) is 7.63. The molecule has 1 aromatic heterocycles. The van der Waals surface area contributed by atoms with Gasteiger partial charge < -0.3 is 20.7 Å². The first-order valence-corrected chi connectivity index (χ1v) is 13.0. The second-order valence-corrected chi connectivity index (χ2v) is 10.3. The van der Waals surface area contributed by atoms with Gasteiger partial charge in [0.15, 0.2) is 0 Å². The highest BCUT2D eigenvalue weighted by atomic mass is 19.1. The molecule has 3 aliphatic rings. The summed E-state index contributed by atoms with van der Waals surface area (Å²) in [6.07, 6.45) is 5.50. The van der Waals surface area contributed by atoms with E-state index in [1.54, 1.807) is 18.2 Å². The Kier molecular flexibility index (Phi) is 6.28. The number of nitrogens with one attached hydrogen (secondary N) is 1. The van der Waals surface area contributed by atoms with Crippen LogP contribution in [0, 0.1) is 17.7 Å². The van der Waals surface area contributed by atoms with Crippen LogP contribution >= 0.6 is 0 Å². The zero-order valence-electron chi connectivity index (χ0n) is 20.6. The summed E-state index contributed by atoms with van der Waals surface area (Å²) in [7, 11) is 0. The Labute approximate surface area is 214 Å². The number of hydrogen-bond donors (Lipinski definition) is 2. The number of amides is 1. The van der Waals surface area contributed by atoms with E-state index in [9.17, 15) is 9.18 Å². The summed E-state index contributed by atoms with van der Waals surface area (Å²) in [6.45, 7) is 3.82. The summed E-state index contributed by atoms with van der Waals surface area (Å²) in [6, 6.07) is 11.6. The third-order valence-corrected chi connectivity index (χ3v) is 7.63. The molecule has 3 N–H and O–H groups in total. The first-order valence-electron chi connectivity index (χ1n) is 13.0. The number of ether oxygens (including phenoxy) is 1. The number of piperidine rings is 1. The number of hydrogen-bond acceptors (Lipinski definition) is 5. The molecule has 2 aliphatic heterocycles. The van der Waals surface area contributed by atoms with Crippen molar-refractivity contribution < 1.29 is 18.3 Å². The molecule has 0 unspecified atom stereocenters. The van der Waals surface area contributed by atoms with Crippen molar-refractivity contribution in [2.45, 2.75) is 38.2 Å². The van der Waals surface area contributed by atoms with Crippen molar-refractivity contribution in [3.8, 4) is 28.0 Å². The molecule has 6 nitrogen and oxygen atoms in total. The molecule has 1 saturated heterocycles. The third kappa shape index (κ3) is 5.03. The Balaban J connectivity index is 1.21. The maximum atomic E-state index is 15.0. The highest BCUT2D eigenvalue weighted by Gasteiger charge is 2.28. The maximum Gasteiger partial charge on any atom is 0.251 e. The van der Waals surface area contributed by atoms with Gasteiger partial charge in [-0.1, -0.05) is 12.1 Å². The Morgan fingerprint density at radius 2 is 1.73 bits per heavy atom. The topological polar surface area (TPSA) is 80.5 Å². The van der Waals surface area contributed by atoms with Crippen LogP contribution in [0.15, 0.2) is 42.5 Å². The van der Waals surface area contributed by atoms with Crippen molar-refractivity contribution in [1.29, 1.82) is 0 Å². The minimum atomic E-state index is -0.726. The summed E-state index contributed by atoms with van der Waals surface area (Å²) in [4.78, 5) is 18.5. The zero-order chi connectivity index (χ0) is 25.5. The number of pyridine rings is 1. The highest BCUT2D eigenvalue weighted by Crippen LogP contribution is 2.36. The van der Waals surface area contributed by atoms with E-state index < -0.39 is 11.8 Å². The van der Waals surface area contributed by atoms with Crippen LogP contribution in [0.1, 0.15) is 41.6 Å². The second-order valence-electron chi connectivity index (χ2n) is 10.3. The minimum absolute atomic E-state index is 0.103. The molecule has 0 bridgehead atoms. The van der Waals surface area contributed by atoms with Gasteiger partial charge in [-0.15, -0.1) is 0 Å². The van der Waals surface area contributed by atoms with Gasteiger partial charge in [0.1, 0.15) is 23.5 Å². The molecule has 8 heteroatoms. The molecule has 1 saturated carbocycles. The van der Waals surface area contributed by atoms with E-state index in [0.717, 1.165) is 43.2 Å². The fourth-order valence-electron chi connectivity index (χ4n) is 5.35. The lowest BCUT2D eigenvalue weighted by molar-refractivity contribution is 0.0945. The van der Waals surface area contributed by atoms with Crippen LogP contribution in [0.4, 0.5) is 14.6 Å².